The van der Waals surface area contributed by atoms with Gasteiger partial charge in [0.25, 0.3) is 5.91 Å². The molecule has 0 radical (unpaired) electrons. The van der Waals surface area contributed by atoms with Gasteiger partial charge in [0.1, 0.15) is 4.32 Å². The molecule has 0 atom stereocenters. The number of thiocarbonyl (C=S) groups is 1. The van der Waals surface area contributed by atoms with Crippen molar-refractivity contribution in [2.45, 2.75) is 13.8 Å². The normalized spacial score (nSPS) is 15.2. The average Bonchev–Trinajstić information content (AvgIpc) is 2.84. The van der Waals surface area contributed by atoms with Crippen LogP contribution in [0.3, 0.4) is 0 Å². The second-order valence-corrected chi connectivity index (χ2v) is 6.87. The van der Waals surface area contributed by atoms with Gasteiger partial charge in [-0.3, -0.25) is 24.6 Å². The van der Waals surface area contributed by atoms with Crippen LogP contribution in [0.2, 0.25) is 0 Å². The molecule has 0 spiro atoms. The van der Waals surface area contributed by atoms with Crippen LogP contribution in [-0.4, -0.2) is 39.2 Å². The summed E-state index contributed by atoms with van der Waals surface area (Å²) in [6.07, 6.45) is 2.91. The van der Waals surface area contributed by atoms with Crippen molar-refractivity contribution in [2.75, 3.05) is 13.2 Å². The number of benzene rings is 1. The van der Waals surface area contributed by atoms with Crippen molar-refractivity contribution in [3.8, 4) is 11.5 Å². The molecule has 1 aromatic carbocycles. The molecule has 10 heteroatoms. The van der Waals surface area contributed by atoms with Gasteiger partial charge in [-0.2, -0.15) is 0 Å². The average molecular weight is 408 g/mol. The molecule has 1 aliphatic rings. The Hall–Kier alpha value is -2.72. The highest BCUT2D eigenvalue weighted by atomic mass is 32.2. The predicted octanol–water partition coefficient (Wildman–Crippen LogP) is 3.31. The van der Waals surface area contributed by atoms with Gasteiger partial charge in [-0.1, -0.05) is 30.1 Å². The van der Waals surface area contributed by atoms with E-state index in [4.69, 9.17) is 21.7 Å². The Bertz CT molecular complexity index is 865. The highest BCUT2D eigenvalue weighted by Crippen LogP contribution is 2.42. The van der Waals surface area contributed by atoms with Crippen molar-refractivity contribution < 1.29 is 24.0 Å². The van der Waals surface area contributed by atoms with Crippen LogP contribution in [-0.2, 0) is 9.59 Å². The van der Waals surface area contributed by atoms with Crippen LogP contribution in [0, 0.1) is 10.1 Å². The number of hydrogen-bond acceptors (Lipinski definition) is 8. The Morgan fingerprint density at radius 1 is 1.48 bits per heavy atom. The molecule has 1 heterocycles. The van der Waals surface area contributed by atoms with E-state index in [0.29, 0.717) is 4.32 Å². The van der Waals surface area contributed by atoms with Gasteiger partial charge in [-0.15, -0.1) is 6.58 Å². The number of thioether (sulfide) groups is 1. The van der Waals surface area contributed by atoms with E-state index in [9.17, 15) is 19.7 Å². The molecule has 2 rings (SSSR count). The van der Waals surface area contributed by atoms with Gasteiger partial charge >= 0.3 is 11.7 Å². The third-order valence-corrected chi connectivity index (χ3v) is 4.70. The quantitative estimate of drug-likeness (QED) is 0.129. The number of esters is 1. The molecule has 0 unspecified atom stereocenters. The monoisotopic (exact) mass is 408 g/mol. The zero-order chi connectivity index (χ0) is 20.1. The molecule has 1 fully saturated rings. The summed E-state index contributed by atoms with van der Waals surface area (Å²) >= 11 is 6.20. The molecular weight excluding hydrogens is 392 g/mol. The van der Waals surface area contributed by atoms with Crippen LogP contribution in [0.1, 0.15) is 19.4 Å². The summed E-state index contributed by atoms with van der Waals surface area (Å²) in [5, 5.41) is 11.7. The maximum atomic E-state index is 12.4. The summed E-state index contributed by atoms with van der Waals surface area (Å²) < 4.78 is 10.7. The van der Waals surface area contributed by atoms with Crippen LogP contribution in [0.4, 0.5) is 5.69 Å². The van der Waals surface area contributed by atoms with Gasteiger partial charge in [0.15, 0.2) is 5.75 Å². The molecule has 142 valence electrons. The first-order valence-corrected chi connectivity index (χ1v) is 9.01. The van der Waals surface area contributed by atoms with E-state index < -0.39 is 16.6 Å². The van der Waals surface area contributed by atoms with Crippen LogP contribution >= 0.6 is 24.0 Å². The highest BCUT2D eigenvalue weighted by Gasteiger charge is 2.33. The van der Waals surface area contributed by atoms with E-state index >= 15 is 0 Å². The number of rotatable bonds is 7. The molecule has 0 aromatic heterocycles. The molecule has 1 aliphatic heterocycles. The third-order valence-electron chi connectivity index (χ3n) is 3.32. The van der Waals surface area contributed by atoms with Crippen LogP contribution in [0.15, 0.2) is 29.7 Å². The van der Waals surface area contributed by atoms with Crippen molar-refractivity contribution in [3.63, 3.8) is 0 Å². The lowest BCUT2D eigenvalue weighted by Gasteiger charge is -2.12. The second kappa shape index (κ2) is 8.78. The maximum Gasteiger partial charge on any atom is 0.322 e. The molecule has 1 aromatic rings. The summed E-state index contributed by atoms with van der Waals surface area (Å²) in [7, 11) is 0. The molecule has 1 saturated heterocycles. The lowest BCUT2D eigenvalue weighted by molar-refractivity contribution is -0.386. The Balaban J connectivity index is 2.57. The number of nitrogens with zero attached hydrogens (tertiary/aromatic N) is 2. The zero-order valence-corrected chi connectivity index (χ0v) is 16.2. The minimum atomic E-state index is -0.645. The van der Waals surface area contributed by atoms with Crippen molar-refractivity contribution in [1.82, 2.24) is 4.90 Å². The van der Waals surface area contributed by atoms with Crippen molar-refractivity contribution >= 4 is 51.9 Å². The molecule has 0 N–H and O–H groups in total. The molecule has 27 heavy (non-hydrogen) atoms. The van der Waals surface area contributed by atoms with E-state index in [1.807, 2.05) is 0 Å². The van der Waals surface area contributed by atoms with Crippen molar-refractivity contribution in [1.29, 1.82) is 0 Å². The zero-order valence-electron chi connectivity index (χ0n) is 14.6. The van der Waals surface area contributed by atoms with Gasteiger partial charge in [-0.05, 0) is 25.1 Å². The van der Waals surface area contributed by atoms with Crippen LogP contribution in [0.5, 0.6) is 11.5 Å². The minimum absolute atomic E-state index is 0.0626. The first-order chi connectivity index (χ1) is 12.8. The minimum Gasteiger partial charge on any atom is -0.485 e. The Morgan fingerprint density at radius 3 is 2.74 bits per heavy atom. The van der Waals surface area contributed by atoms with E-state index in [1.54, 1.807) is 6.92 Å². The fourth-order valence-corrected chi connectivity index (χ4v) is 3.59. The fraction of sp³-hybridized carbons (Fsp3) is 0.235. The number of ether oxygens (including phenoxy) is 2. The van der Waals surface area contributed by atoms with E-state index in [2.05, 4.69) is 6.58 Å². The lowest BCUT2D eigenvalue weighted by Crippen LogP contribution is -2.27. The number of hydrogen-bond donors (Lipinski definition) is 0. The van der Waals surface area contributed by atoms with Crippen LogP contribution < -0.4 is 9.47 Å². The summed E-state index contributed by atoms with van der Waals surface area (Å²) in [6.45, 7) is 6.78. The second-order valence-electron chi connectivity index (χ2n) is 5.20. The van der Waals surface area contributed by atoms with Gasteiger partial charge < -0.3 is 9.47 Å². The Labute approximate surface area is 165 Å². The lowest BCUT2D eigenvalue weighted by atomic mass is 10.1. The van der Waals surface area contributed by atoms with Crippen LogP contribution in [0.25, 0.3) is 6.08 Å². The third kappa shape index (κ3) is 4.52. The topological polar surface area (TPSA) is 99.0 Å². The summed E-state index contributed by atoms with van der Waals surface area (Å²) in [5.41, 5.74) is -0.261. The van der Waals surface area contributed by atoms with Gasteiger partial charge in [0, 0.05) is 13.5 Å². The van der Waals surface area contributed by atoms with Gasteiger partial charge in [0.05, 0.1) is 22.0 Å². The number of carbonyl (C=O) groups excluding carboxylic acids is 2. The highest BCUT2D eigenvalue weighted by molar-refractivity contribution is 8.26. The van der Waals surface area contributed by atoms with E-state index in [1.165, 1.54) is 36.1 Å². The number of nitro groups is 1. The van der Waals surface area contributed by atoms with Gasteiger partial charge in [-0.25, -0.2) is 0 Å². The van der Waals surface area contributed by atoms with E-state index in [-0.39, 0.29) is 41.0 Å². The molecule has 0 saturated carbocycles. The summed E-state index contributed by atoms with van der Waals surface area (Å²) in [5.74, 6) is -1.23. The van der Waals surface area contributed by atoms with Crippen molar-refractivity contribution in [2.24, 2.45) is 0 Å². The molecule has 0 bridgehead atoms. The summed E-state index contributed by atoms with van der Waals surface area (Å²) in [4.78, 5) is 36.3. The number of carbonyl (C=O) groups is 2. The Kier molecular flexibility index (Phi) is 6.70. The first-order valence-electron chi connectivity index (χ1n) is 7.79. The van der Waals surface area contributed by atoms with Gasteiger partial charge in [0.2, 0.25) is 5.75 Å². The fourth-order valence-electron chi connectivity index (χ4n) is 2.32. The first kappa shape index (κ1) is 20.6. The molecule has 8 nitrogen and oxygen atoms in total. The summed E-state index contributed by atoms with van der Waals surface area (Å²) in [6, 6.07) is 2.77. The molecule has 1 amide bonds. The number of amides is 1. The standard InChI is InChI=1S/C17H16N2O6S2/c1-4-8-18-16(21)13(27-17(18)26)9-11-6-7-12(25-10(3)20)15(24-5-2)14(11)19(22)23/h4,6-7,9H,1,5,8H2,2-3H3. The SMILES string of the molecule is C=CCN1C(=O)C(=Cc2ccc(OC(C)=O)c(OCC)c2[N+](=O)[O-])SC1=S. The largest absolute Gasteiger partial charge is 0.485 e. The molecular formula is C17H16N2O6S2. The van der Waals surface area contributed by atoms with Crippen molar-refractivity contribution in [3.05, 3.63) is 45.4 Å². The van der Waals surface area contributed by atoms with E-state index in [0.717, 1.165) is 11.8 Å². The maximum absolute atomic E-state index is 12.4. The molecule has 0 aliphatic carbocycles. The smallest absolute Gasteiger partial charge is 0.322 e. The number of nitro benzene ring substituents is 1. The predicted molar refractivity (Wildman–Crippen MR) is 106 cm³/mol. The Morgan fingerprint density at radius 2 is 2.19 bits per heavy atom.